The topological polar surface area (TPSA) is 114 Å². The molecule has 3 amide bonds. The molecule has 8 nitrogen and oxygen atoms in total. The Kier molecular flexibility index (Phi) is 10.3. The van der Waals surface area contributed by atoms with Crippen molar-refractivity contribution < 1.29 is 19.1 Å². The molecule has 8 heteroatoms. The van der Waals surface area contributed by atoms with Crippen LogP contribution in [0.1, 0.15) is 30.9 Å². The molecule has 0 aromatic heterocycles. The van der Waals surface area contributed by atoms with E-state index < -0.39 is 17.9 Å². The van der Waals surface area contributed by atoms with Crippen LogP contribution >= 0.6 is 0 Å². The standard InChI is InChI=1S/C30H36N4O4/c1-21(29(31)36)9-18-28(35)33-27(30(37)32-24-12-14-25(15-13-24)34(2)3)19-22-10-16-26(17-11-22)38-20-23-7-5-4-6-8-23/h4-8,10-17,21,27H,9,18-20H2,1-3H3,(H2,31,36)(H,32,37)(H,33,35). The lowest BCUT2D eigenvalue weighted by atomic mass is 10.0. The SMILES string of the molecule is CC(CCC(=O)NC(Cc1ccc(OCc2ccccc2)cc1)C(=O)Nc1ccc(N(C)C)cc1)C(N)=O. The lowest BCUT2D eigenvalue weighted by molar-refractivity contribution is -0.127. The highest BCUT2D eigenvalue weighted by atomic mass is 16.5. The van der Waals surface area contributed by atoms with E-state index >= 15 is 0 Å². The highest BCUT2D eigenvalue weighted by Crippen LogP contribution is 2.18. The van der Waals surface area contributed by atoms with E-state index in [9.17, 15) is 14.4 Å². The first-order chi connectivity index (χ1) is 18.2. The number of nitrogens with two attached hydrogens (primary N) is 1. The lowest BCUT2D eigenvalue weighted by Crippen LogP contribution is -2.45. The molecule has 2 unspecified atom stereocenters. The molecule has 0 aliphatic heterocycles. The summed E-state index contributed by atoms with van der Waals surface area (Å²) in [5, 5.41) is 5.72. The monoisotopic (exact) mass is 516 g/mol. The van der Waals surface area contributed by atoms with Crippen molar-refractivity contribution in [2.24, 2.45) is 11.7 Å². The van der Waals surface area contributed by atoms with Gasteiger partial charge in [-0.1, -0.05) is 49.4 Å². The summed E-state index contributed by atoms with van der Waals surface area (Å²) in [6.07, 6.45) is 0.699. The number of hydrogen-bond donors (Lipinski definition) is 3. The predicted octanol–water partition coefficient (Wildman–Crippen LogP) is 3.90. The van der Waals surface area contributed by atoms with Crippen LogP contribution in [-0.2, 0) is 27.4 Å². The minimum atomic E-state index is -0.809. The third-order valence-corrected chi connectivity index (χ3v) is 6.20. The number of nitrogens with zero attached hydrogens (tertiary/aromatic N) is 1. The van der Waals surface area contributed by atoms with Gasteiger partial charge in [0.1, 0.15) is 18.4 Å². The molecule has 0 aliphatic carbocycles. The molecular formula is C30H36N4O4. The highest BCUT2D eigenvalue weighted by Gasteiger charge is 2.22. The van der Waals surface area contributed by atoms with Crippen LogP contribution in [0.5, 0.6) is 5.75 Å². The molecule has 0 saturated carbocycles. The maximum atomic E-state index is 13.2. The van der Waals surface area contributed by atoms with E-state index in [1.165, 1.54) is 0 Å². The summed E-state index contributed by atoms with van der Waals surface area (Å²) in [6, 6.07) is 24.0. The maximum absolute atomic E-state index is 13.2. The Hall–Kier alpha value is -4.33. The van der Waals surface area contributed by atoms with Gasteiger partial charge in [0.05, 0.1) is 0 Å². The molecule has 0 radical (unpaired) electrons. The van der Waals surface area contributed by atoms with Crippen LogP contribution in [-0.4, -0.2) is 37.9 Å². The van der Waals surface area contributed by atoms with Crippen LogP contribution < -0.4 is 26.0 Å². The summed E-state index contributed by atoms with van der Waals surface area (Å²) < 4.78 is 5.85. The second-order valence-corrected chi connectivity index (χ2v) is 9.52. The van der Waals surface area contributed by atoms with Gasteiger partial charge in [-0.25, -0.2) is 0 Å². The third-order valence-electron chi connectivity index (χ3n) is 6.20. The summed E-state index contributed by atoms with van der Waals surface area (Å²) in [7, 11) is 3.88. The van der Waals surface area contributed by atoms with E-state index in [1.54, 1.807) is 6.92 Å². The summed E-state index contributed by atoms with van der Waals surface area (Å²) in [5.41, 5.74) is 8.88. The van der Waals surface area contributed by atoms with Crippen molar-refractivity contribution in [1.82, 2.24) is 5.32 Å². The normalized spacial score (nSPS) is 12.2. The number of anilines is 2. The van der Waals surface area contributed by atoms with E-state index in [4.69, 9.17) is 10.5 Å². The number of ether oxygens (including phenoxy) is 1. The highest BCUT2D eigenvalue weighted by molar-refractivity contribution is 5.97. The average molecular weight is 517 g/mol. The fourth-order valence-electron chi connectivity index (χ4n) is 3.74. The molecule has 0 spiro atoms. The maximum Gasteiger partial charge on any atom is 0.247 e. The van der Waals surface area contributed by atoms with Gasteiger partial charge >= 0.3 is 0 Å². The number of amides is 3. The van der Waals surface area contributed by atoms with Gasteiger partial charge < -0.3 is 26.0 Å². The lowest BCUT2D eigenvalue weighted by Gasteiger charge is -2.20. The Morgan fingerprint density at radius 2 is 1.55 bits per heavy atom. The van der Waals surface area contributed by atoms with Gasteiger partial charge in [-0.15, -0.1) is 0 Å². The minimum absolute atomic E-state index is 0.0949. The Morgan fingerprint density at radius 1 is 0.895 bits per heavy atom. The van der Waals surface area contributed by atoms with Crippen LogP contribution in [0, 0.1) is 5.92 Å². The molecule has 3 aromatic carbocycles. The molecule has 0 bridgehead atoms. The number of hydrogen-bond acceptors (Lipinski definition) is 5. The molecule has 0 heterocycles. The van der Waals surface area contributed by atoms with E-state index in [2.05, 4.69) is 10.6 Å². The van der Waals surface area contributed by atoms with Crippen LogP contribution in [0.15, 0.2) is 78.9 Å². The zero-order chi connectivity index (χ0) is 27.5. The van der Waals surface area contributed by atoms with Crippen LogP contribution in [0.3, 0.4) is 0 Å². The summed E-state index contributed by atoms with van der Waals surface area (Å²) in [6.45, 7) is 2.14. The second kappa shape index (κ2) is 13.8. The number of benzene rings is 3. The first kappa shape index (κ1) is 28.2. The number of carbonyl (C=O) groups is 3. The van der Waals surface area contributed by atoms with Gasteiger partial charge in [-0.3, -0.25) is 14.4 Å². The van der Waals surface area contributed by atoms with Crippen molar-refractivity contribution >= 4 is 29.1 Å². The van der Waals surface area contributed by atoms with E-state index in [-0.39, 0.29) is 24.7 Å². The first-order valence-electron chi connectivity index (χ1n) is 12.6. The Balaban J connectivity index is 1.66. The van der Waals surface area contributed by atoms with Crippen molar-refractivity contribution in [2.75, 3.05) is 24.3 Å². The van der Waals surface area contributed by atoms with Gasteiger partial charge in [0, 0.05) is 44.2 Å². The van der Waals surface area contributed by atoms with Gasteiger partial charge in [0.2, 0.25) is 17.7 Å². The average Bonchev–Trinajstić information content (AvgIpc) is 2.91. The Bertz CT molecular complexity index is 1200. The van der Waals surface area contributed by atoms with Gasteiger partial charge in [0.15, 0.2) is 0 Å². The smallest absolute Gasteiger partial charge is 0.247 e. The largest absolute Gasteiger partial charge is 0.489 e. The summed E-state index contributed by atoms with van der Waals surface area (Å²) in [4.78, 5) is 39.1. The van der Waals surface area contributed by atoms with E-state index in [0.29, 0.717) is 24.5 Å². The van der Waals surface area contributed by atoms with E-state index in [1.807, 2.05) is 97.9 Å². The molecule has 38 heavy (non-hydrogen) atoms. The van der Waals surface area contributed by atoms with Gasteiger partial charge in [0.25, 0.3) is 0 Å². The van der Waals surface area contributed by atoms with E-state index in [0.717, 1.165) is 16.8 Å². The van der Waals surface area contributed by atoms with Crippen LogP contribution in [0.25, 0.3) is 0 Å². The molecule has 0 aliphatic rings. The molecule has 3 rings (SSSR count). The van der Waals surface area contributed by atoms with Crippen molar-refractivity contribution in [1.29, 1.82) is 0 Å². The fraction of sp³-hybridized carbons (Fsp3) is 0.300. The molecule has 3 aromatic rings. The quantitative estimate of drug-likeness (QED) is 0.319. The number of nitrogens with one attached hydrogen (secondary N) is 2. The van der Waals surface area contributed by atoms with Crippen LogP contribution in [0.2, 0.25) is 0 Å². The van der Waals surface area contributed by atoms with Crippen molar-refractivity contribution in [3.63, 3.8) is 0 Å². The zero-order valence-corrected chi connectivity index (χ0v) is 22.1. The molecule has 200 valence electrons. The Morgan fingerprint density at radius 3 is 2.16 bits per heavy atom. The molecule has 0 saturated heterocycles. The summed E-state index contributed by atoms with van der Waals surface area (Å²) >= 11 is 0. The second-order valence-electron chi connectivity index (χ2n) is 9.52. The van der Waals surface area contributed by atoms with Gasteiger partial charge in [-0.05, 0) is 53.9 Å². The predicted molar refractivity (Wildman–Crippen MR) is 150 cm³/mol. The minimum Gasteiger partial charge on any atom is -0.489 e. The molecule has 2 atom stereocenters. The fourth-order valence-corrected chi connectivity index (χ4v) is 3.74. The van der Waals surface area contributed by atoms with Crippen molar-refractivity contribution in [3.8, 4) is 5.75 Å². The number of carbonyl (C=O) groups excluding carboxylic acids is 3. The van der Waals surface area contributed by atoms with Gasteiger partial charge in [-0.2, -0.15) is 0 Å². The molecular weight excluding hydrogens is 480 g/mol. The zero-order valence-electron chi connectivity index (χ0n) is 22.1. The first-order valence-corrected chi connectivity index (χ1v) is 12.6. The number of primary amides is 1. The molecule has 4 N–H and O–H groups in total. The van der Waals surface area contributed by atoms with Crippen molar-refractivity contribution in [3.05, 3.63) is 90.0 Å². The summed E-state index contributed by atoms with van der Waals surface area (Å²) in [5.74, 6) is -0.814. The van der Waals surface area contributed by atoms with Crippen LogP contribution in [0.4, 0.5) is 11.4 Å². The number of rotatable bonds is 13. The third kappa shape index (κ3) is 8.96. The van der Waals surface area contributed by atoms with Crippen molar-refractivity contribution in [2.45, 2.75) is 38.8 Å². The Labute approximate surface area is 224 Å². The molecule has 0 fully saturated rings.